The van der Waals surface area contributed by atoms with Crippen molar-refractivity contribution < 1.29 is 52.6 Å². The summed E-state index contributed by atoms with van der Waals surface area (Å²) < 4.78 is 0. The fourth-order valence-electron chi connectivity index (χ4n) is 1.53. The van der Waals surface area contributed by atoms with Crippen LogP contribution in [0, 0.1) is 12.5 Å². The fraction of sp³-hybridized carbons (Fsp3) is 0.700. The van der Waals surface area contributed by atoms with Crippen LogP contribution in [0.25, 0.3) is 0 Å². The summed E-state index contributed by atoms with van der Waals surface area (Å²) in [5, 5.41) is 21.1. The number of hydrogen-bond donors (Lipinski definition) is 3. The van der Waals surface area contributed by atoms with Crippen molar-refractivity contribution in [3.05, 3.63) is 6.61 Å². The first-order valence-electron chi connectivity index (χ1n) is 5.34. The summed E-state index contributed by atoms with van der Waals surface area (Å²) in [6.45, 7) is 2.59. The van der Waals surface area contributed by atoms with Gasteiger partial charge in [-0.2, -0.15) is 0 Å². The Kier molecular flexibility index (Phi) is 8.12. The van der Waals surface area contributed by atoms with Gasteiger partial charge in [0.2, 0.25) is 0 Å². The van der Waals surface area contributed by atoms with Gasteiger partial charge in [-0.1, -0.05) is 12.8 Å². The summed E-state index contributed by atoms with van der Waals surface area (Å²) in [6, 6.07) is -0.692. The maximum absolute atomic E-state index is 11.6. The minimum absolute atomic E-state index is 0. The standard InChI is InChI=1S/C10H17N2O4.Y/c1-7(6-13)9(14)11-8-4-2-3-5-12(16)10(8)15;/h6-8,13,16H,2-5H2,1H3,(H,11,14);/q-1;+3. The molecule has 1 rings (SSSR count). The predicted octanol–water partition coefficient (Wildman–Crippen LogP) is 0.0408. The molecule has 0 saturated carbocycles. The van der Waals surface area contributed by atoms with Crippen LogP contribution in [0.2, 0.25) is 0 Å². The molecule has 1 heterocycles. The average Bonchev–Trinajstić information content (AvgIpc) is 2.43. The molecule has 1 saturated heterocycles. The Morgan fingerprint density at radius 1 is 1.59 bits per heavy atom. The van der Waals surface area contributed by atoms with Gasteiger partial charge in [-0.05, 0) is 19.3 Å². The van der Waals surface area contributed by atoms with Gasteiger partial charge in [-0.25, -0.2) is 11.7 Å². The molecule has 2 unspecified atom stereocenters. The van der Waals surface area contributed by atoms with Gasteiger partial charge in [0, 0.05) is 6.54 Å². The molecule has 3 N–H and O–H groups in total. The van der Waals surface area contributed by atoms with Crippen LogP contribution in [0.3, 0.4) is 0 Å². The van der Waals surface area contributed by atoms with Crippen LogP contribution < -0.4 is 5.32 Å². The first-order valence-corrected chi connectivity index (χ1v) is 5.34. The molecular formula is C10H17N2O4Y+2. The van der Waals surface area contributed by atoms with Gasteiger partial charge >= 0.3 is 32.7 Å². The van der Waals surface area contributed by atoms with Crippen LogP contribution >= 0.6 is 0 Å². The molecular weight excluding hydrogens is 301 g/mol. The zero-order valence-electron chi connectivity index (χ0n) is 9.80. The van der Waals surface area contributed by atoms with Crippen molar-refractivity contribution in [1.29, 1.82) is 0 Å². The molecule has 7 heteroatoms. The van der Waals surface area contributed by atoms with Crippen molar-refractivity contribution in [2.45, 2.75) is 32.2 Å². The van der Waals surface area contributed by atoms with E-state index in [2.05, 4.69) is 5.32 Å². The first-order chi connectivity index (χ1) is 7.56. The molecule has 0 bridgehead atoms. The van der Waals surface area contributed by atoms with E-state index in [9.17, 15) is 14.8 Å². The van der Waals surface area contributed by atoms with E-state index in [1.807, 2.05) is 0 Å². The largest absolute Gasteiger partial charge is 3.00 e. The first kappa shape index (κ1) is 17.0. The van der Waals surface area contributed by atoms with Crippen LogP contribution in [0.15, 0.2) is 0 Å². The second-order valence-corrected chi connectivity index (χ2v) is 3.96. The third kappa shape index (κ3) is 4.99. The number of aliphatic hydroxyl groups excluding tert-OH is 1. The minimum atomic E-state index is -0.692. The number of carbonyl (C=O) groups excluding carboxylic acids is 2. The van der Waals surface area contributed by atoms with E-state index in [4.69, 9.17) is 5.11 Å². The average molecular weight is 318 g/mol. The quantitative estimate of drug-likeness (QED) is 0.506. The number of hydroxylamine groups is 2. The molecule has 6 nitrogen and oxygen atoms in total. The molecule has 0 aromatic heterocycles. The van der Waals surface area contributed by atoms with Gasteiger partial charge in [0.1, 0.15) is 6.04 Å². The van der Waals surface area contributed by atoms with E-state index in [0.29, 0.717) is 18.0 Å². The number of rotatable bonds is 3. The Hall–Kier alpha value is -0.0361. The summed E-state index contributed by atoms with van der Waals surface area (Å²) in [7, 11) is 0. The van der Waals surface area contributed by atoms with Crippen molar-refractivity contribution in [2.24, 2.45) is 5.92 Å². The molecule has 0 aromatic carbocycles. The fourth-order valence-corrected chi connectivity index (χ4v) is 1.53. The van der Waals surface area contributed by atoms with Crippen LogP contribution in [0.4, 0.5) is 0 Å². The molecule has 0 aliphatic carbocycles. The van der Waals surface area contributed by atoms with Crippen molar-refractivity contribution >= 4 is 11.8 Å². The summed E-state index contributed by atoms with van der Waals surface area (Å²) in [5.74, 6) is -1.57. The zero-order valence-corrected chi connectivity index (χ0v) is 12.6. The Labute approximate surface area is 126 Å². The second kappa shape index (κ2) is 8.13. The second-order valence-electron chi connectivity index (χ2n) is 3.96. The Bertz CT molecular complexity index is 275. The molecule has 0 aromatic rings. The Balaban J connectivity index is 0.00000256. The van der Waals surface area contributed by atoms with Crippen molar-refractivity contribution in [3.8, 4) is 0 Å². The summed E-state index contributed by atoms with van der Waals surface area (Å²) in [4.78, 5) is 23.0. The van der Waals surface area contributed by atoms with E-state index in [1.54, 1.807) is 0 Å². The van der Waals surface area contributed by atoms with E-state index in [-0.39, 0.29) is 32.7 Å². The SMILES string of the molecule is CC([CH-]O)C(=O)NC1CCCCN(O)C1=O.[Y+3]. The van der Waals surface area contributed by atoms with Crippen molar-refractivity contribution in [3.63, 3.8) is 0 Å². The molecule has 0 spiro atoms. The number of amides is 2. The smallest absolute Gasteiger partial charge is 0.565 e. The third-order valence-corrected chi connectivity index (χ3v) is 2.62. The van der Waals surface area contributed by atoms with Crippen molar-refractivity contribution in [2.75, 3.05) is 6.54 Å². The molecule has 2 atom stereocenters. The van der Waals surface area contributed by atoms with Gasteiger partial charge in [-0.3, -0.25) is 14.8 Å². The van der Waals surface area contributed by atoms with E-state index in [0.717, 1.165) is 19.4 Å². The third-order valence-electron chi connectivity index (χ3n) is 2.62. The molecule has 1 aliphatic rings. The van der Waals surface area contributed by atoms with Crippen LogP contribution in [-0.4, -0.2) is 39.8 Å². The summed E-state index contributed by atoms with van der Waals surface area (Å²) in [5.41, 5.74) is 0. The zero-order chi connectivity index (χ0) is 12.1. The Morgan fingerprint density at radius 3 is 2.82 bits per heavy atom. The van der Waals surface area contributed by atoms with Crippen molar-refractivity contribution in [1.82, 2.24) is 10.4 Å². The molecule has 17 heavy (non-hydrogen) atoms. The van der Waals surface area contributed by atoms with Crippen LogP contribution in [0.1, 0.15) is 26.2 Å². The maximum atomic E-state index is 11.6. The van der Waals surface area contributed by atoms with Gasteiger partial charge in [-0.15, -0.1) is 0 Å². The van der Waals surface area contributed by atoms with E-state index >= 15 is 0 Å². The minimum Gasteiger partial charge on any atom is -0.565 e. The molecule has 1 aliphatic heterocycles. The van der Waals surface area contributed by atoms with Gasteiger partial charge in [0.05, 0.1) is 0 Å². The number of nitrogens with one attached hydrogen (secondary N) is 1. The maximum Gasteiger partial charge on any atom is 3.00 e. The number of carbonyl (C=O) groups is 2. The number of hydrogen-bond acceptors (Lipinski definition) is 4. The summed E-state index contributed by atoms with van der Waals surface area (Å²) in [6.07, 6.45) is 2.00. The number of nitrogens with zero attached hydrogens (tertiary/aromatic N) is 1. The number of aliphatic hydroxyl groups is 1. The van der Waals surface area contributed by atoms with Gasteiger partial charge in [0.15, 0.2) is 5.91 Å². The van der Waals surface area contributed by atoms with Gasteiger partial charge < -0.3 is 10.4 Å². The van der Waals surface area contributed by atoms with Crippen LogP contribution in [0.5, 0.6) is 0 Å². The van der Waals surface area contributed by atoms with E-state index in [1.165, 1.54) is 6.92 Å². The molecule has 1 fully saturated rings. The monoisotopic (exact) mass is 318 g/mol. The normalized spacial score (nSPS) is 22.4. The predicted molar refractivity (Wildman–Crippen MR) is 54.7 cm³/mol. The van der Waals surface area contributed by atoms with Crippen LogP contribution in [-0.2, 0) is 42.3 Å². The summed E-state index contributed by atoms with van der Waals surface area (Å²) >= 11 is 0. The topological polar surface area (TPSA) is 89.9 Å². The van der Waals surface area contributed by atoms with Gasteiger partial charge in [0.25, 0.3) is 5.91 Å². The Morgan fingerprint density at radius 2 is 2.24 bits per heavy atom. The van der Waals surface area contributed by atoms with E-state index < -0.39 is 23.8 Å². The molecule has 0 radical (unpaired) electrons. The molecule has 2 amide bonds. The molecule has 92 valence electrons.